The van der Waals surface area contributed by atoms with Crippen molar-refractivity contribution in [2.75, 3.05) is 24.5 Å². The summed E-state index contributed by atoms with van der Waals surface area (Å²) in [7, 11) is 0. The van der Waals surface area contributed by atoms with E-state index in [0.717, 1.165) is 35.0 Å². The van der Waals surface area contributed by atoms with Crippen molar-refractivity contribution < 1.29 is 19.5 Å². The van der Waals surface area contributed by atoms with Crippen LogP contribution in [0.15, 0.2) is 34.1 Å². The van der Waals surface area contributed by atoms with Gasteiger partial charge in [-0.25, -0.2) is 0 Å². The van der Waals surface area contributed by atoms with E-state index in [1.807, 2.05) is 0 Å². The van der Waals surface area contributed by atoms with Crippen molar-refractivity contribution in [3.8, 4) is 0 Å². The van der Waals surface area contributed by atoms with Gasteiger partial charge < -0.3 is 15.0 Å². The van der Waals surface area contributed by atoms with E-state index in [-0.39, 0.29) is 76.8 Å². The van der Waals surface area contributed by atoms with E-state index >= 15 is 0 Å². The molecule has 0 unspecified atom stereocenters. The highest BCUT2D eigenvalue weighted by atomic mass is 32.2. The molecule has 8 nitrogen and oxygen atoms in total. The van der Waals surface area contributed by atoms with E-state index in [1.165, 1.54) is 21.9 Å². The lowest BCUT2D eigenvalue weighted by molar-refractivity contribution is -0.142. The number of nitrogens with one attached hydrogen (secondary N) is 1. The maximum absolute atomic E-state index is 13.5. The van der Waals surface area contributed by atoms with Crippen LogP contribution in [0.3, 0.4) is 0 Å². The van der Waals surface area contributed by atoms with Gasteiger partial charge in [0.05, 0.1) is 16.9 Å². The second-order valence-corrected chi connectivity index (χ2v) is 12.8. The molecule has 1 aromatic heterocycles. The summed E-state index contributed by atoms with van der Waals surface area (Å²) >= 11 is 2.96. The highest BCUT2D eigenvalue weighted by Crippen LogP contribution is 2.68. The summed E-state index contributed by atoms with van der Waals surface area (Å²) < 4.78 is 0. The van der Waals surface area contributed by atoms with Gasteiger partial charge in [-0.1, -0.05) is 23.5 Å². The standard InChI is InChI=1S/C27H31N3O5S2/c1-3-29(4-2)14-9-7-13(8-10-14)18-19-15-12-16(22(19)36-24-23(18)37-27(35)28-24)21-20(15)25(33)30(26(21)34)11-5-6-17(31)32/h7-10,15-16,18-22H,3-6,11-12H2,1-2H3,(H,28,35)(H,31,32)/t15-,16+,18+,19+,20+,21+,22-/m1/s1. The number of thiazole rings is 1. The summed E-state index contributed by atoms with van der Waals surface area (Å²) in [5.74, 6) is -1.49. The summed E-state index contributed by atoms with van der Waals surface area (Å²) in [6, 6.07) is 8.64. The average Bonchev–Trinajstić information content (AvgIpc) is 3.60. The van der Waals surface area contributed by atoms with Gasteiger partial charge in [-0.15, -0.1) is 11.8 Å². The van der Waals surface area contributed by atoms with Crippen molar-refractivity contribution in [2.24, 2.45) is 29.6 Å². The van der Waals surface area contributed by atoms with E-state index in [9.17, 15) is 19.2 Å². The Bertz CT molecular complexity index is 1300. The molecule has 2 N–H and O–H groups in total. The molecule has 2 amide bonds. The number of fused-ring (bicyclic) bond motifs is 9. The molecule has 37 heavy (non-hydrogen) atoms. The number of carbonyl (C=O) groups is 3. The number of anilines is 1. The fraction of sp³-hybridized carbons (Fsp3) is 0.556. The van der Waals surface area contributed by atoms with Crippen molar-refractivity contribution in [2.45, 2.75) is 49.3 Å². The monoisotopic (exact) mass is 541 g/mol. The first-order valence-electron chi connectivity index (χ1n) is 13.2. The van der Waals surface area contributed by atoms with Crippen LogP contribution < -0.4 is 9.77 Å². The zero-order valence-electron chi connectivity index (χ0n) is 20.9. The van der Waals surface area contributed by atoms with Crippen molar-refractivity contribution in [1.82, 2.24) is 9.88 Å². The molecule has 4 aliphatic rings. The minimum atomic E-state index is -0.920. The predicted molar refractivity (Wildman–Crippen MR) is 142 cm³/mol. The van der Waals surface area contributed by atoms with Gasteiger partial charge in [0.2, 0.25) is 11.8 Å². The number of rotatable bonds is 8. The average molecular weight is 542 g/mol. The van der Waals surface area contributed by atoms with Crippen molar-refractivity contribution in [3.05, 3.63) is 44.4 Å². The molecule has 0 radical (unpaired) electrons. The van der Waals surface area contributed by atoms with E-state index in [4.69, 9.17) is 5.11 Å². The number of hydrogen-bond acceptors (Lipinski definition) is 7. The lowest BCUT2D eigenvalue weighted by Crippen LogP contribution is -2.42. The molecule has 3 fully saturated rings. The Morgan fingerprint density at radius 2 is 1.76 bits per heavy atom. The minimum absolute atomic E-state index is 0.0101. The summed E-state index contributed by atoms with van der Waals surface area (Å²) in [6.07, 6.45) is 1.08. The van der Waals surface area contributed by atoms with Crippen molar-refractivity contribution in [1.29, 1.82) is 0 Å². The van der Waals surface area contributed by atoms with Crippen LogP contribution in [-0.4, -0.2) is 57.7 Å². The minimum Gasteiger partial charge on any atom is -0.481 e. The molecule has 1 aromatic carbocycles. The first kappa shape index (κ1) is 24.7. The molecule has 2 aromatic rings. The summed E-state index contributed by atoms with van der Waals surface area (Å²) in [5, 5.41) is 10.1. The number of imide groups is 1. The van der Waals surface area contributed by atoms with Gasteiger partial charge >= 0.3 is 10.8 Å². The molecular formula is C27H31N3O5S2. The van der Waals surface area contributed by atoms with Gasteiger partial charge in [0.1, 0.15) is 0 Å². The third kappa shape index (κ3) is 3.78. The highest BCUT2D eigenvalue weighted by Gasteiger charge is 2.69. The molecule has 2 saturated carbocycles. The maximum atomic E-state index is 13.5. The fourth-order valence-electron chi connectivity index (χ4n) is 7.54. The SMILES string of the molecule is CCN(CC)c1ccc([C@@H]2c3sc(=O)[nH]c3S[C@@H]3[C@H]4C[C@@H]([C@@H]5C(=O)N(CCCC(=O)O)C(=O)[C@@H]45)[C@@H]23)cc1. The molecule has 2 aliphatic carbocycles. The van der Waals surface area contributed by atoms with Crippen LogP contribution in [0.4, 0.5) is 5.69 Å². The number of aliphatic carboxylic acids is 1. The van der Waals surface area contributed by atoms with Gasteiger partial charge in [0.25, 0.3) is 0 Å². The van der Waals surface area contributed by atoms with Crippen LogP contribution >= 0.6 is 23.1 Å². The molecule has 1 saturated heterocycles. The predicted octanol–water partition coefficient (Wildman–Crippen LogP) is 3.62. The number of aromatic amines is 1. The Kier molecular flexibility index (Phi) is 6.22. The Labute approximate surface area is 223 Å². The first-order valence-corrected chi connectivity index (χ1v) is 14.8. The van der Waals surface area contributed by atoms with E-state index in [1.54, 1.807) is 11.8 Å². The largest absolute Gasteiger partial charge is 0.481 e. The number of carboxylic acid groups (broad SMARTS) is 1. The van der Waals surface area contributed by atoms with Gasteiger partial charge in [0, 0.05) is 47.8 Å². The Morgan fingerprint density at radius 1 is 1.08 bits per heavy atom. The summed E-state index contributed by atoms with van der Waals surface area (Å²) in [6.45, 7) is 6.31. The molecule has 3 heterocycles. The number of likely N-dealkylation sites (tertiary alicyclic amines) is 1. The molecule has 10 heteroatoms. The number of nitrogens with zero attached hydrogens (tertiary/aromatic N) is 2. The highest BCUT2D eigenvalue weighted by molar-refractivity contribution is 8.00. The number of H-pyrrole nitrogens is 1. The van der Waals surface area contributed by atoms with Crippen LogP contribution in [0.25, 0.3) is 0 Å². The Hall–Kier alpha value is -2.59. The van der Waals surface area contributed by atoms with Gasteiger partial charge in [0.15, 0.2) is 0 Å². The van der Waals surface area contributed by atoms with Crippen LogP contribution in [-0.2, 0) is 14.4 Å². The second-order valence-electron chi connectivity index (χ2n) is 10.5. The van der Waals surface area contributed by atoms with Gasteiger partial charge in [-0.3, -0.25) is 24.1 Å². The van der Waals surface area contributed by atoms with E-state index in [2.05, 4.69) is 48.0 Å². The Morgan fingerprint density at radius 3 is 2.41 bits per heavy atom. The number of carbonyl (C=O) groups excluding carboxylic acids is 2. The normalized spacial score (nSPS) is 31.4. The van der Waals surface area contributed by atoms with Crippen LogP contribution in [0, 0.1) is 29.6 Å². The van der Waals surface area contributed by atoms with Crippen molar-refractivity contribution in [3.63, 3.8) is 0 Å². The molecule has 0 spiro atoms. The topological polar surface area (TPSA) is 111 Å². The quantitative estimate of drug-likeness (QED) is 0.491. The first-order chi connectivity index (χ1) is 17.8. The number of carboxylic acids is 1. The third-order valence-corrected chi connectivity index (χ3v) is 11.6. The number of benzene rings is 1. The van der Waals surface area contributed by atoms with E-state index in [0.29, 0.717) is 0 Å². The summed E-state index contributed by atoms with van der Waals surface area (Å²) in [5.41, 5.74) is 2.32. The number of thioether (sulfide) groups is 1. The Balaban J connectivity index is 1.35. The smallest absolute Gasteiger partial charge is 0.305 e. The van der Waals surface area contributed by atoms with Crippen LogP contribution in [0.5, 0.6) is 0 Å². The molecule has 196 valence electrons. The van der Waals surface area contributed by atoms with Crippen LogP contribution in [0.2, 0.25) is 0 Å². The lowest BCUT2D eigenvalue weighted by Gasteiger charge is -2.43. The zero-order chi connectivity index (χ0) is 26.0. The number of hydrogen-bond donors (Lipinski definition) is 2. The fourth-order valence-corrected chi connectivity index (χ4v) is 10.4. The number of aromatic nitrogens is 1. The zero-order valence-corrected chi connectivity index (χ0v) is 22.5. The van der Waals surface area contributed by atoms with Crippen molar-refractivity contribution >= 4 is 46.6 Å². The molecule has 7 atom stereocenters. The van der Waals surface area contributed by atoms with E-state index < -0.39 is 5.97 Å². The summed E-state index contributed by atoms with van der Waals surface area (Å²) in [4.78, 5) is 58.0. The molecule has 2 aliphatic heterocycles. The molecule has 2 bridgehead atoms. The number of amides is 2. The van der Waals surface area contributed by atoms with Crippen LogP contribution in [0.1, 0.15) is 49.5 Å². The third-order valence-electron chi connectivity index (χ3n) is 8.97. The molecular weight excluding hydrogens is 510 g/mol. The molecule has 6 rings (SSSR count). The van der Waals surface area contributed by atoms with Gasteiger partial charge in [-0.05, 0) is 62.1 Å². The second kappa shape index (κ2) is 9.31. The maximum Gasteiger partial charge on any atom is 0.305 e. The lowest BCUT2D eigenvalue weighted by atomic mass is 9.68. The van der Waals surface area contributed by atoms with Gasteiger partial charge in [-0.2, -0.15) is 0 Å².